The number of nitrogens with one attached hydrogen (secondary N) is 4. The van der Waals surface area contributed by atoms with E-state index in [2.05, 4.69) is 25.6 Å². The van der Waals surface area contributed by atoms with Crippen molar-refractivity contribution in [2.24, 2.45) is 5.92 Å². The molecule has 1 aliphatic rings. The lowest BCUT2D eigenvalue weighted by Crippen LogP contribution is -2.24. The first-order chi connectivity index (χ1) is 16.4. The lowest BCUT2D eigenvalue weighted by Gasteiger charge is -2.22. The molecule has 0 bridgehead atoms. The number of hydrogen-bond acceptors (Lipinski definition) is 5. The number of aryl methyl sites for hydroxylation is 1. The van der Waals surface area contributed by atoms with Gasteiger partial charge in [0.15, 0.2) is 0 Å². The molecule has 34 heavy (non-hydrogen) atoms. The molecule has 2 aromatic carbocycles. The van der Waals surface area contributed by atoms with Crippen LogP contribution in [0.25, 0.3) is 0 Å². The van der Waals surface area contributed by atoms with Gasteiger partial charge in [0.2, 0.25) is 0 Å². The van der Waals surface area contributed by atoms with Gasteiger partial charge in [-0.05, 0) is 62.1 Å². The molecular formula is C25H31N5O3S. The molecule has 180 valence electrons. The van der Waals surface area contributed by atoms with Crippen LogP contribution in [0.1, 0.15) is 53.8 Å². The van der Waals surface area contributed by atoms with Gasteiger partial charge in [0, 0.05) is 29.2 Å². The second kappa shape index (κ2) is 10.7. The number of sulfonamides is 1. The number of para-hydroxylation sites is 1. The Kier molecular flexibility index (Phi) is 7.52. The number of anilines is 2. The van der Waals surface area contributed by atoms with Gasteiger partial charge in [0.1, 0.15) is 0 Å². The quantitative estimate of drug-likeness (QED) is 0.361. The van der Waals surface area contributed by atoms with Crippen molar-refractivity contribution in [3.63, 3.8) is 0 Å². The molecule has 1 heterocycles. The molecule has 1 amide bonds. The van der Waals surface area contributed by atoms with Gasteiger partial charge >= 0.3 is 0 Å². The molecule has 1 fully saturated rings. The number of hydrogen-bond donors (Lipinski definition) is 4. The topological polar surface area (TPSA) is 116 Å². The molecule has 0 saturated heterocycles. The molecule has 3 aromatic rings. The summed E-state index contributed by atoms with van der Waals surface area (Å²) in [5.41, 5.74) is 2.95. The van der Waals surface area contributed by atoms with E-state index in [0.717, 1.165) is 25.1 Å². The molecule has 0 radical (unpaired) electrons. The normalized spacial score (nSPS) is 14.5. The lowest BCUT2D eigenvalue weighted by molar-refractivity contribution is 0.0950. The van der Waals surface area contributed by atoms with Crippen molar-refractivity contribution in [2.45, 2.75) is 50.5 Å². The zero-order valence-corrected chi connectivity index (χ0v) is 20.1. The Morgan fingerprint density at radius 3 is 2.50 bits per heavy atom. The van der Waals surface area contributed by atoms with Crippen LogP contribution in [0, 0.1) is 12.8 Å². The molecule has 0 unspecified atom stereocenters. The summed E-state index contributed by atoms with van der Waals surface area (Å²) in [7, 11) is -3.89. The van der Waals surface area contributed by atoms with Gasteiger partial charge in [-0.1, -0.05) is 37.5 Å². The van der Waals surface area contributed by atoms with E-state index in [1.807, 2.05) is 19.1 Å². The number of benzene rings is 2. The van der Waals surface area contributed by atoms with E-state index >= 15 is 0 Å². The number of carbonyl (C=O) groups excluding carboxylic acids is 1. The molecule has 0 aliphatic heterocycles. The van der Waals surface area contributed by atoms with Crippen LogP contribution in [0.4, 0.5) is 11.4 Å². The number of aromatic nitrogens is 2. The fourth-order valence-electron chi connectivity index (χ4n) is 4.20. The van der Waals surface area contributed by atoms with Gasteiger partial charge < -0.3 is 10.6 Å². The van der Waals surface area contributed by atoms with Crippen LogP contribution >= 0.6 is 0 Å². The predicted molar refractivity (Wildman–Crippen MR) is 133 cm³/mol. The molecule has 4 N–H and O–H groups in total. The number of carbonyl (C=O) groups is 1. The third-order valence-electron chi connectivity index (χ3n) is 6.01. The number of nitrogens with zero attached hydrogens (tertiary/aromatic N) is 1. The third kappa shape index (κ3) is 6.38. The molecule has 1 aliphatic carbocycles. The van der Waals surface area contributed by atoms with Crippen molar-refractivity contribution in [2.75, 3.05) is 16.6 Å². The number of rotatable bonds is 9. The van der Waals surface area contributed by atoms with E-state index in [4.69, 9.17) is 0 Å². The van der Waals surface area contributed by atoms with E-state index in [1.165, 1.54) is 25.3 Å². The van der Waals surface area contributed by atoms with Gasteiger partial charge in [-0.2, -0.15) is 5.10 Å². The highest BCUT2D eigenvalue weighted by molar-refractivity contribution is 7.92. The zero-order valence-electron chi connectivity index (χ0n) is 19.3. The van der Waals surface area contributed by atoms with Crippen LogP contribution in [0.5, 0.6) is 0 Å². The molecular weight excluding hydrogens is 450 g/mol. The summed E-state index contributed by atoms with van der Waals surface area (Å²) >= 11 is 0. The highest BCUT2D eigenvalue weighted by atomic mass is 32.2. The van der Waals surface area contributed by atoms with E-state index < -0.39 is 10.0 Å². The van der Waals surface area contributed by atoms with Gasteiger partial charge in [-0.3, -0.25) is 14.6 Å². The third-order valence-corrected chi connectivity index (χ3v) is 7.37. The Morgan fingerprint density at radius 2 is 1.79 bits per heavy atom. The molecule has 8 nitrogen and oxygen atoms in total. The summed E-state index contributed by atoms with van der Waals surface area (Å²) in [4.78, 5) is 13.0. The van der Waals surface area contributed by atoms with Gasteiger partial charge in [0.05, 0.1) is 17.1 Å². The SMILES string of the molecule is Cc1cc(CNC(=O)c2cc(NCC3CCCCC3)cc(S(=O)(=O)Nc3ccccc3)c2)n[nH]1. The highest BCUT2D eigenvalue weighted by Gasteiger charge is 2.20. The average molecular weight is 482 g/mol. The molecule has 0 spiro atoms. The molecule has 9 heteroatoms. The maximum Gasteiger partial charge on any atom is 0.261 e. The Balaban J connectivity index is 1.56. The van der Waals surface area contributed by atoms with Crippen molar-refractivity contribution in [3.8, 4) is 0 Å². The fourth-order valence-corrected chi connectivity index (χ4v) is 5.33. The summed E-state index contributed by atoms with van der Waals surface area (Å²) in [6.07, 6.45) is 6.05. The Labute approximate surface area is 200 Å². The van der Waals surface area contributed by atoms with Crippen molar-refractivity contribution in [1.29, 1.82) is 0 Å². The number of amides is 1. The minimum absolute atomic E-state index is 0.0331. The maximum atomic E-state index is 13.1. The summed E-state index contributed by atoms with van der Waals surface area (Å²) in [6.45, 7) is 2.88. The first-order valence-corrected chi connectivity index (χ1v) is 13.1. The number of aromatic amines is 1. The van der Waals surface area contributed by atoms with Crippen LogP contribution in [0.15, 0.2) is 59.5 Å². The van der Waals surface area contributed by atoms with Gasteiger partial charge in [-0.25, -0.2) is 8.42 Å². The predicted octanol–water partition coefficient (Wildman–Crippen LogP) is 4.44. The summed E-state index contributed by atoms with van der Waals surface area (Å²) < 4.78 is 28.9. The summed E-state index contributed by atoms with van der Waals surface area (Å²) in [5.74, 6) is 0.190. The Hall–Kier alpha value is -3.33. The molecule has 0 atom stereocenters. The maximum absolute atomic E-state index is 13.1. The zero-order chi connectivity index (χ0) is 24.0. The minimum atomic E-state index is -3.89. The van der Waals surface area contributed by atoms with Crippen molar-refractivity contribution < 1.29 is 13.2 Å². The second-order valence-electron chi connectivity index (χ2n) is 8.83. The Morgan fingerprint density at radius 1 is 1.03 bits per heavy atom. The second-order valence-corrected chi connectivity index (χ2v) is 10.5. The van der Waals surface area contributed by atoms with E-state index in [1.54, 1.807) is 36.4 Å². The fraction of sp³-hybridized carbons (Fsp3) is 0.360. The lowest BCUT2D eigenvalue weighted by atomic mass is 9.89. The van der Waals surface area contributed by atoms with Crippen LogP contribution in [-0.4, -0.2) is 31.1 Å². The van der Waals surface area contributed by atoms with Crippen molar-refractivity contribution >= 4 is 27.3 Å². The van der Waals surface area contributed by atoms with Crippen LogP contribution in [-0.2, 0) is 16.6 Å². The van der Waals surface area contributed by atoms with Crippen LogP contribution < -0.4 is 15.4 Å². The minimum Gasteiger partial charge on any atom is -0.385 e. The molecule has 1 saturated carbocycles. The standard InChI is InChI=1S/C25H31N5O3S/c1-18-12-23(29-28-18)17-27-25(31)20-13-22(26-16-19-8-4-2-5-9-19)15-24(14-20)34(32,33)30-21-10-6-3-7-11-21/h3,6-7,10-15,19,26,30H,2,4-5,8-9,16-17H2,1H3,(H,27,31)(H,28,29). The molecule has 1 aromatic heterocycles. The van der Waals surface area contributed by atoms with Crippen molar-refractivity contribution in [1.82, 2.24) is 15.5 Å². The summed E-state index contributed by atoms with van der Waals surface area (Å²) in [5, 5.41) is 13.2. The smallest absolute Gasteiger partial charge is 0.261 e. The first-order valence-electron chi connectivity index (χ1n) is 11.6. The van der Waals surface area contributed by atoms with Crippen molar-refractivity contribution in [3.05, 3.63) is 71.5 Å². The largest absolute Gasteiger partial charge is 0.385 e. The Bertz CT molecular complexity index is 1220. The van der Waals surface area contributed by atoms with E-state index in [9.17, 15) is 13.2 Å². The highest BCUT2D eigenvalue weighted by Crippen LogP contribution is 2.26. The van der Waals surface area contributed by atoms with E-state index in [0.29, 0.717) is 23.0 Å². The van der Waals surface area contributed by atoms with Gasteiger partial charge in [0.25, 0.3) is 15.9 Å². The summed E-state index contributed by atoms with van der Waals surface area (Å²) in [6, 6.07) is 15.2. The van der Waals surface area contributed by atoms with Crippen LogP contribution in [0.3, 0.4) is 0 Å². The number of H-pyrrole nitrogens is 1. The van der Waals surface area contributed by atoms with Gasteiger partial charge in [-0.15, -0.1) is 0 Å². The van der Waals surface area contributed by atoms with Crippen LogP contribution in [0.2, 0.25) is 0 Å². The monoisotopic (exact) mass is 481 g/mol. The first kappa shape index (κ1) is 23.8. The van der Waals surface area contributed by atoms with E-state index in [-0.39, 0.29) is 22.9 Å². The average Bonchev–Trinajstić information content (AvgIpc) is 3.27. The molecule has 4 rings (SSSR count).